The summed E-state index contributed by atoms with van der Waals surface area (Å²) in [5, 5.41) is 1.05. The number of imidazole rings is 1. The molecule has 1 amide bonds. The SMILES string of the molecule is CN(Cc1cc2ccccc2o1)C(=O)[C@@H]1CCO[C@H]1c1nccn1C. The fourth-order valence-corrected chi connectivity index (χ4v) is 3.46. The normalized spacial score (nSPS) is 20.2. The third-order valence-electron chi connectivity index (χ3n) is 4.77. The van der Waals surface area contributed by atoms with Crippen LogP contribution in [0.1, 0.15) is 24.1 Å². The van der Waals surface area contributed by atoms with Crippen molar-refractivity contribution < 1.29 is 13.9 Å². The lowest BCUT2D eigenvalue weighted by Gasteiger charge is -2.23. The molecule has 0 unspecified atom stereocenters. The fourth-order valence-electron chi connectivity index (χ4n) is 3.46. The van der Waals surface area contributed by atoms with Crippen LogP contribution < -0.4 is 0 Å². The van der Waals surface area contributed by atoms with E-state index in [1.165, 1.54) is 0 Å². The van der Waals surface area contributed by atoms with Crippen molar-refractivity contribution in [2.45, 2.75) is 19.1 Å². The predicted octanol–water partition coefficient (Wildman–Crippen LogP) is 2.90. The van der Waals surface area contributed by atoms with Crippen LogP contribution in [0.15, 0.2) is 47.1 Å². The Labute approximate surface area is 146 Å². The van der Waals surface area contributed by atoms with Gasteiger partial charge in [-0.1, -0.05) is 18.2 Å². The first-order valence-corrected chi connectivity index (χ1v) is 8.45. The maximum absolute atomic E-state index is 12.9. The Morgan fingerprint density at radius 1 is 1.40 bits per heavy atom. The van der Waals surface area contributed by atoms with Crippen molar-refractivity contribution in [2.24, 2.45) is 13.0 Å². The Bertz CT molecular complexity index is 865. The summed E-state index contributed by atoms with van der Waals surface area (Å²) >= 11 is 0. The molecule has 0 radical (unpaired) electrons. The Hall–Kier alpha value is -2.60. The van der Waals surface area contributed by atoms with Gasteiger partial charge in [0.1, 0.15) is 23.3 Å². The standard InChI is InChI=1S/C19H21N3O3/c1-21-9-8-20-18(21)17-15(7-10-24-17)19(23)22(2)12-14-11-13-5-3-4-6-16(13)25-14/h3-6,8-9,11,15,17H,7,10,12H2,1-2H3/t15-,17-/m1/s1. The van der Waals surface area contributed by atoms with Crippen molar-refractivity contribution in [2.75, 3.05) is 13.7 Å². The number of hydrogen-bond donors (Lipinski definition) is 0. The van der Waals surface area contributed by atoms with Gasteiger partial charge >= 0.3 is 0 Å². The number of carbonyl (C=O) groups is 1. The van der Waals surface area contributed by atoms with Crippen LogP contribution in [0.5, 0.6) is 0 Å². The minimum Gasteiger partial charge on any atom is -0.459 e. The van der Waals surface area contributed by atoms with E-state index in [0.29, 0.717) is 19.6 Å². The molecule has 4 rings (SSSR count). The van der Waals surface area contributed by atoms with Gasteiger partial charge in [-0.15, -0.1) is 0 Å². The van der Waals surface area contributed by atoms with E-state index in [2.05, 4.69) is 4.98 Å². The summed E-state index contributed by atoms with van der Waals surface area (Å²) in [6.45, 7) is 1.02. The monoisotopic (exact) mass is 339 g/mol. The number of rotatable bonds is 4. The number of hydrogen-bond acceptors (Lipinski definition) is 4. The Morgan fingerprint density at radius 2 is 2.24 bits per heavy atom. The van der Waals surface area contributed by atoms with Crippen LogP contribution in [0.4, 0.5) is 0 Å². The number of nitrogens with zero attached hydrogens (tertiary/aromatic N) is 3. The molecule has 1 saturated heterocycles. The van der Waals surface area contributed by atoms with Gasteiger partial charge in [0.05, 0.1) is 12.5 Å². The van der Waals surface area contributed by atoms with Gasteiger partial charge in [0.2, 0.25) is 5.91 Å². The molecule has 0 saturated carbocycles. The van der Waals surface area contributed by atoms with Gasteiger partial charge in [-0.25, -0.2) is 4.98 Å². The van der Waals surface area contributed by atoms with Crippen molar-refractivity contribution in [3.8, 4) is 0 Å². The maximum Gasteiger partial charge on any atom is 0.229 e. The van der Waals surface area contributed by atoms with E-state index >= 15 is 0 Å². The molecular formula is C19H21N3O3. The van der Waals surface area contributed by atoms with E-state index in [-0.39, 0.29) is 17.9 Å². The third kappa shape index (κ3) is 2.93. The average molecular weight is 339 g/mol. The summed E-state index contributed by atoms with van der Waals surface area (Å²) in [6, 6.07) is 9.84. The van der Waals surface area contributed by atoms with Crippen LogP contribution >= 0.6 is 0 Å². The Balaban J connectivity index is 1.50. The van der Waals surface area contributed by atoms with E-state index in [1.807, 2.05) is 55.2 Å². The van der Waals surface area contributed by atoms with Gasteiger partial charge < -0.3 is 18.6 Å². The van der Waals surface area contributed by atoms with Gasteiger partial charge in [0.25, 0.3) is 0 Å². The number of furan rings is 1. The molecule has 3 heterocycles. The lowest BCUT2D eigenvalue weighted by atomic mass is 9.99. The molecule has 0 bridgehead atoms. The molecule has 1 fully saturated rings. The highest BCUT2D eigenvalue weighted by molar-refractivity contribution is 5.80. The van der Waals surface area contributed by atoms with Gasteiger partial charge in [0, 0.05) is 38.5 Å². The second-order valence-electron chi connectivity index (χ2n) is 6.53. The molecule has 0 aliphatic carbocycles. The number of amides is 1. The molecule has 25 heavy (non-hydrogen) atoms. The van der Waals surface area contributed by atoms with Crippen molar-refractivity contribution in [3.63, 3.8) is 0 Å². The number of aromatic nitrogens is 2. The number of ether oxygens (including phenoxy) is 1. The first-order chi connectivity index (χ1) is 12.1. The minimum absolute atomic E-state index is 0.0611. The summed E-state index contributed by atoms with van der Waals surface area (Å²) in [5.74, 6) is 1.43. The molecule has 2 atom stereocenters. The molecule has 0 spiro atoms. The van der Waals surface area contributed by atoms with E-state index in [9.17, 15) is 4.79 Å². The number of benzene rings is 1. The lowest BCUT2D eigenvalue weighted by Crippen LogP contribution is -2.34. The van der Waals surface area contributed by atoms with Crippen LogP contribution in [-0.2, 0) is 23.1 Å². The molecule has 2 aromatic heterocycles. The van der Waals surface area contributed by atoms with Crippen LogP contribution in [-0.4, -0.2) is 34.0 Å². The van der Waals surface area contributed by atoms with Crippen LogP contribution in [0, 0.1) is 5.92 Å². The quantitative estimate of drug-likeness (QED) is 0.733. The molecular weight excluding hydrogens is 318 g/mol. The third-order valence-corrected chi connectivity index (χ3v) is 4.77. The minimum atomic E-state index is -0.286. The molecule has 0 N–H and O–H groups in total. The van der Waals surface area contributed by atoms with Crippen molar-refractivity contribution in [1.29, 1.82) is 0 Å². The summed E-state index contributed by atoms with van der Waals surface area (Å²) in [6.07, 6.45) is 4.03. The van der Waals surface area contributed by atoms with E-state index < -0.39 is 0 Å². The van der Waals surface area contributed by atoms with Gasteiger partial charge in [-0.3, -0.25) is 4.79 Å². The molecule has 1 aromatic carbocycles. The average Bonchev–Trinajstić information content (AvgIpc) is 3.31. The summed E-state index contributed by atoms with van der Waals surface area (Å²) in [5.41, 5.74) is 0.841. The van der Waals surface area contributed by atoms with E-state index in [0.717, 1.165) is 22.6 Å². The maximum atomic E-state index is 12.9. The second kappa shape index (κ2) is 6.37. The van der Waals surface area contributed by atoms with Crippen molar-refractivity contribution >= 4 is 16.9 Å². The molecule has 3 aromatic rings. The highest BCUT2D eigenvalue weighted by Crippen LogP contribution is 2.35. The van der Waals surface area contributed by atoms with Gasteiger partial charge in [-0.2, -0.15) is 0 Å². The first kappa shape index (κ1) is 15.9. The largest absolute Gasteiger partial charge is 0.459 e. The number of aryl methyl sites for hydroxylation is 1. The zero-order chi connectivity index (χ0) is 17.4. The lowest BCUT2D eigenvalue weighted by molar-refractivity contribution is -0.137. The summed E-state index contributed by atoms with van der Waals surface area (Å²) < 4.78 is 13.5. The highest BCUT2D eigenvalue weighted by atomic mass is 16.5. The Kier molecular flexibility index (Phi) is 4.05. The number of carbonyl (C=O) groups excluding carboxylic acids is 1. The summed E-state index contributed by atoms with van der Waals surface area (Å²) in [7, 11) is 3.73. The van der Waals surface area contributed by atoms with Gasteiger partial charge in [0.15, 0.2) is 0 Å². The molecule has 1 aliphatic rings. The number of para-hydroxylation sites is 1. The number of fused-ring (bicyclic) bond motifs is 1. The van der Waals surface area contributed by atoms with Crippen LogP contribution in [0.2, 0.25) is 0 Å². The summed E-state index contributed by atoms with van der Waals surface area (Å²) in [4.78, 5) is 19.0. The Morgan fingerprint density at radius 3 is 3.00 bits per heavy atom. The first-order valence-electron chi connectivity index (χ1n) is 8.45. The molecule has 6 heteroatoms. The van der Waals surface area contributed by atoms with E-state index in [4.69, 9.17) is 9.15 Å². The smallest absolute Gasteiger partial charge is 0.229 e. The van der Waals surface area contributed by atoms with Crippen LogP contribution in [0.25, 0.3) is 11.0 Å². The van der Waals surface area contributed by atoms with Crippen molar-refractivity contribution in [3.05, 3.63) is 54.3 Å². The van der Waals surface area contributed by atoms with E-state index in [1.54, 1.807) is 11.1 Å². The highest BCUT2D eigenvalue weighted by Gasteiger charge is 2.39. The molecule has 6 nitrogen and oxygen atoms in total. The predicted molar refractivity (Wildman–Crippen MR) is 92.7 cm³/mol. The zero-order valence-corrected chi connectivity index (χ0v) is 14.4. The molecule has 130 valence electrons. The van der Waals surface area contributed by atoms with Gasteiger partial charge in [-0.05, 0) is 18.6 Å². The topological polar surface area (TPSA) is 60.5 Å². The van der Waals surface area contributed by atoms with Crippen LogP contribution in [0.3, 0.4) is 0 Å². The van der Waals surface area contributed by atoms with Crippen molar-refractivity contribution in [1.82, 2.24) is 14.5 Å². The molecule has 1 aliphatic heterocycles. The second-order valence-corrected chi connectivity index (χ2v) is 6.53. The zero-order valence-electron chi connectivity index (χ0n) is 14.4. The fraction of sp³-hybridized carbons (Fsp3) is 0.368.